The summed E-state index contributed by atoms with van der Waals surface area (Å²) < 4.78 is 38.2. The van der Waals surface area contributed by atoms with Gasteiger partial charge < -0.3 is 9.88 Å². The van der Waals surface area contributed by atoms with E-state index in [0.29, 0.717) is 29.5 Å². The molecular formula is C17H21FN4O3S2. The van der Waals surface area contributed by atoms with Gasteiger partial charge in [-0.25, -0.2) is 12.8 Å². The largest absolute Gasteiger partial charge is 0.325 e. The van der Waals surface area contributed by atoms with Crippen LogP contribution < -0.4 is 5.32 Å². The summed E-state index contributed by atoms with van der Waals surface area (Å²) in [5.74, 6) is 0.502. The fourth-order valence-electron chi connectivity index (χ4n) is 2.94. The molecule has 1 N–H and O–H groups in total. The van der Waals surface area contributed by atoms with E-state index >= 15 is 0 Å². The van der Waals surface area contributed by atoms with Crippen molar-refractivity contribution in [3.63, 3.8) is 0 Å². The van der Waals surface area contributed by atoms with Gasteiger partial charge in [0.2, 0.25) is 5.91 Å². The average molecular weight is 413 g/mol. The minimum Gasteiger partial charge on any atom is -0.325 e. The first-order chi connectivity index (χ1) is 12.7. The number of aromatic nitrogens is 3. The fraction of sp³-hybridized carbons (Fsp3) is 0.471. The van der Waals surface area contributed by atoms with Gasteiger partial charge in [-0.2, -0.15) is 0 Å². The highest BCUT2D eigenvalue weighted by molar-refractivity contribution is 8.00. The van der Waals surface area contributed by atoms with Crippen LogP contribution in [-0.4, -0.2) is 45.8 Å². The zero-order valence-corrected chi connectivity index (χ0v) is 16.7. The van der Waals surface area contributed by atoms with Gasteiger partial charge in [0, 0.05) is 19.2 Å². The van der Waals surface area contributed by atoms with Crippen LogP contribution in [0.4, 0.5) is 10.1 Å². The predicted molar refractivity (Wildman–Crippen MR) is 102 cm³/mol. The van der Waals surface area contributed by atoms with Gasteiger partial charge in [0.25, 0.3) is 0 Å². The lowest BCUT2D eigenvalue weighted by Gasteiger charge is -2.12. The van der Waals surface area contributed by atoms with Crippen molar-refractivity contribution in [1.29, 1.82) is 0 Å². The van der Waals surface area contributed by atoms with E-state index in [1.54, 1.807) is 24.6 Å². The molecule has 0 bridgehead atoms. The lowest BCUT2D eigenvalue weighted by atomic mass is 10.1. The molecule has 2 atom stereocenters. The molecule has 10 heteroatoms. The number of anilines is 1. The van der Waals surface area contributed by atoms with E-state index in [1.165, 1.54) is 30.0 Å². The van der Waals surface area contributed by atoms with Crippen LogP contribution in [0.5, 0.6) is 0 Å². The standard InChI is InChI=1S/C17H21FN4O3S2/c1-11(16(23)19-14-5-3-4-13(18)9-14)26-17-21-20-15(22(17)2)8-12-6-7-27(24,25)10-12/h3-5,9,11-12H,6-8,10H2,1-2H3,(H,19,23)/t11-,12-/m0/s1. The van der Waals surface area contributed by atoms with E-state index < -0.39 is 20.9 Å². The normalized spacial score (nSPS) is 19.7. The molecule has 2 heterocycles. The van der Waals surface area contributed by atoms with Crippen LogP contribution in [0.3, 0.4) is 0 Å². The molecular weight excluding hydrogens is 391 g/mol. The van der Waals surface area contributed by atoms with Crippen molar-refractivity contribution in [2.45, 2.75) is 30.2 Å². The number of benzene rings is 1. The molecule has 0 radical (unpaired) electrons. The second-order valence-electron chi connectivity index (χ2n) is 6.69. The van der Waals surface area contributed by atoms with Gasteiger partial charge in [0.1, 0.15) is 11.6 Å². The van der Waals surface area contributed by atoms with E-state index in [4.69, 9.17) is 0 Å². The summed E-state index contributed by atoms with van der Waals surface area (Å²) in [4.78, 5) is 12.3. The van der Waals surface area contributed by atoms with Gasteiger partial charge in [0.15, 0.2) is 15.0 Å². The highest BCUT2D eigenvalue weighted by Crippen LogP contribution is 2.26. The van der Waals surface area contributed by atoms with E-state index in [-0.39, 0.29) is 23.3 Å². The van der Waals surface area contributed by atoms with Gasteiger partial charge >= 0.3 is 0 Å². The topological polar surface area (TPSA) is 93.9 Å². The third-order valence-electron chi connectivity index (χ3n) is 4.47. The molecule has 1 saturated heterocycles. The lowest BCUT2D eigenvalue weighted by Crippen LogP contribution is -2.23. The van der Waals surface area contributed by atoms with Gasteiger partial charge in [-0.3, -0.25) is 4.79 Å². The molecule has 27 heavy (non-hydrogen) atoms. The minimum atomic E-state index is -2.93. The maximum absolute atomic E-state index is 13.2. The number of halogens is 1. The molecule has 0 aliphatic carbocycles. The molecule has 1 aromatic carbocycles. The molecule has 0 unspecified atom stereocenters. The first-order valence-electron chi connectivity index (χ1n) is 8.55. The lowest BCUT2D eigenvalue weighted by molar-refractivity contribution is -0.115. The second-order valence-corrected chi connectivity index (χ2v) is 10.2. The molecule has 1 aliphatic rings. The predicted octanol–water partition coefficient (Wildman–Crippen LogP) is 2.05. The Labute approximate surface area is 161 Å². The number of thioether (sulfide) groups is 1. The van der Waals surface area contributed by atoms with Crippen molar-refractivity contribution in [2.24, 2.45) is 13.0 Å². The summed E-state index contributed by atoms with van der Waals surface area (Å²) in [5, 5.41) is 11.1. The molecule has 0 spiro atoms. The summed E-state index contributed by atoms with van der Waals surface area (Å²) in [6, 6.07) is 5.71. The number of hydrogen-bond donors (Lipinski definition) is 1. The van der Waals surface area contributed by atoms with E-state index in [9.17, 15) is 17.6 Å². The summed E-state index contributed by atoms with van der Waals surface area (Å²) >= 11 is 1.25. The first kappa shape index (κ1) is 19.8. The Morgan fingerprint density at radius 3 is 2.89 bits per heavy atom. The number of rotatable bonds is 6. The number of nitrogens with zero attached hydrogens (tertiary/aromatic N) is 3. The minimum absolute atomic E-state index is 0.0597. The SMILES string of the molecule is C[C@H](Sc1nnc(C[C@@H]2CCS(=O)(=O)C2)n1C)C(=O)Nc1cccc(F)c1. The van der Waals surface area contributed by atoms with Crippen LogP contribution in [0.15, 0.2) is 29.4 Å². The summed E-state index contributed by atoms with van der Waals surface area (Å²) in [7, 11) is -1.12. The number of amides is 1. The number of carbonyl (C=O) groups is 1. The van der Waals surface area contributed by atoms with Gasteiger partial charge in [0.05, 0.1) is 16.8 Å². The molecule has 7 nitrogen and oxygen atoms in total. The van der Waals surface area contributed by atoms with Gasteiger partial charge in [-0.1, -0.05) is 17.8 Å². The molecule has 146 valence electrons. The fourth-order valence-corrected chi connectivity index (χ4v) is 5.63. The number of carbonyl (C=O) groups excluding carboxylic acids is 1. The van der Waals surface area contributed by atoms with Crippen LogP contribution in [0.25, 0.3) is 0 Å². The Kier molecular flexibility index (Phi) is 5.85. The Bertz CT molecular complexity index is 945. The Hall–Kier alpha value is -1.94. The molecule has 1 aliphatic heterocycles. The third-order valence-corrected chi connectivity index (χ3v) is 7.44. The second kappa shape index (κ2) is 7.97. The van der Waals surface area contributed by atoms with Gasteiger partial charge in [-0.05, 0) is 37.5 Å². The zero-order chi connectivity index (χ0) is 19.6. The quantitative estimate of drug-likeness (QED) is 0.730. The molecule has 1 amide bonds. The van der Waals surface area contributed by atoms with Crippen molar-refractivity contribution in [3.8, 4) is 0 Å². The van der Waals surface area contributed by atoms with E-state index in [1.807, 2.05) is 0 Å². The molecule has 3 rings (SSSR count). The number of hydrogen-bond acceptors (Lipinski definition) is 6. The monoisotopic (exact) mass is 412 g/mol. The van der Waals surface area contributed by atoms with Crippen LogP contribution in [0.1, 0.15) is 19.2 Å². The van der Waals surface area contributed by atoms with Crippen molar-refractivity contribution in [1.82, 2.24) is 14.8 Å². The molecule has 0 saturated carbocycles. The Morgan fingerprint density at radius 1 is 1.44 bits per heavy atom. The van der Waals surface area contributed by atoms with Crippen LogP contribution in [0, 0.1) is 11.7 Å². The Morgan fingerprint density at radius 2 is 2.22 bits per heavy atom. The van der Waals surface area contributed by atoms with E-state index in [2.05, 4.69) is 15.5 Å². The maximum atomic E-state index is 13.2. The highest BCUT2D eigenvalue weighted by Gasteiger charge is 2.29. The molecule has 2 aromatic rings. The van der Waals surface area contributed by atoms with Crippen LogP contribution in [0.2, 0.25) is 0 Å². The third kappa shape index (κ3) is 5.07. The van der Waals surface area contributed by atoms with Gasteiger partial charge in [-0.15, -0.1) is 10.2 Å². The number of sulfone groups is 1. The van der Waals surface area contributed by atoms with Crippen molar-refractivity contribution in [2.75, 3.05) is 16.8 Å². The maximum Gasteiger partial charge on any atom is 0.237 e. The molecule has 1 fully saturated rings. The Balaban J connectivity index is 1.60. The highest BCUT2D eigenvalue weighted by atomic mass is 32.2. The molecule has 1 aromatic heterocycles. The summed E-state index contributed by atoms with van der Waals surface area (Å²) in [6.45, 7) is 1.73. The van der Waals surface area contributed by atoms with E-state index in [0.717, 1.165) is 0 Å². The van der Waals surface area contributed by atoms with Crippen molar-refractivity contribution < 1.29 is 17.6 Å². The average Bonchev–Trinajstić information content (AvgIpc) is 3.11. The number of nitrogens with one attached hydrogen (secondary N) is 1. The van der Waals surface area contributed by atoms with Crippen LogP contribution in [-0.2, 0) is 28.1 Å². The van der Waals surface area contributed by atoms with Crippen LogP contribution >= 0.6 is 11.8 Å². The summed E-state index contributed by atoms with van der Waals surface area (Å²) in [6.07, 6.45) is 1.19. The van der Waals surface area contributed by atoms with Crippen molar-refractivity contribution >= 4 is 33.2 Å². The summed E-state index contributed by atoms with van der Waals surface area (Å²) in [5.41, 5.74) is 0.397. The smallest absolute Gasteiger partial charge is 0.237 e. The zero-order valence-electron chi connectivity index (χ0n) is 15.1. The first-order valence-corrected chi connectivity index (χ1v) is 11.3. The van der Waals surface area contributed by atoms with Crippen molar-refractivity contribution in [3.05, 3.63) is 35.9 Å².